The highest BCUT2D eigenvalue weighted by Crippen LogP contribution is 2.38. The zero-order valence-corrected chi connectivity index (χ0v) is 24.9. The molecule has 0 aromatic carbocycles. The number of nitrogens with one attached hydrogen (secondary N) is 1. The molecule has 234 valence electrons. The van der Waals surface area contributed by atoms with Crippen molar-refractivity contribution in [1.82, 2.24) is 34.6 Å². The van der Waals surface area contributed by atoms with Crippen molar-refractivity contribution in [3.05, 3.63) is 42.4 Å². The van der Waals surface area contributed by atoms with Crippen LogP contribution in [0.25, 0.3) is 16.6 Å². The number of piperidine rings is 2. The summed E-state index contributed by atoms with van der Waals surface area (Å²) in [5.41, 5.74) is 4.06. The zero-order chi connectivity index (χ0) is 30.0. The van der Waals surface area contributed by atoms with Gasteiger partial charge in [-0.2, -0.15) is 5.10 Å². The second-order valence-corrected chi connectivity index (χ2v) is 12.9. The van der Waals surface area contributed by atoms with Gasteiger partial charge in [0.25, 0.3) is 5.92 Å². The van der Waals surface area contributed by atoms with Crippen molar-refractivity contribution in [2.24, 2.45) is 0 Å². The first-order chi connectivity index (χ1) is 21.3. The number of hydrogen-bond acceptors (Lipinski definition) is 8. The first-order valence-electron chi connectivity index (χ1n) is 15.7. The summed E-state index contributed by atoms with van der Waals surface area (Å²) in [6, 6.07) is 5.96. The molecule has 11 nitrogen and oxygen atoms in total. The van der Waals surface area contributed by atoms with E-state index in [0.717, 1.165) is 59.8 Å². The minimum Gasteiger partial charge on any atom is -0.491 e. The van der Waals surface area contributed by atoms with E-state index in [-0.39, 0.29) is 31.1 Å². The maximum absolute atomic E-state index is 13.7. The van der Waals surface area contributed by atoms with Gasteiger partial charge in [0.2, 0.25) is 0 Å². The number of aromatic nitrogens is 3. The highest BCUT2D eigenvalue weighted by molar-refractivity contribution is 5.83. The summed E-state index contributed by atoms with van der Waals surface area (Å²) < 4.78 is 41.3. The second-order valence-electron chi connectivity index (χ2n) is 12.9. The Morgan fingerprint density at radius 3 is 2.61 bits per heavy atom. The number of urea groups is 1. The minimum absolute atomic E-state index is 0.0181. The van der Waals surface area contributed by atoms with E-state index in [4.69, 9.17) is 14.5 Å². The Bertz CT molecular complexity index is 1520. The number of halogens is 2. The van der Waals surface area contributed by atoms with Gasteiger partial charge in [0.05, 0.1) is 48.7 Å². The molecule has 3 aromatic heterocycles. The average Bonchev–Trinajstić information content (AvgIpc) is 3.59. The van der Waals surface area contributed by atoms with Crippen LogP contribution in [0.5, 0.6) is 5.75 Å². The van der Waals surface area contributed by atoms with Gasteiger partial charge in [0.15, 0.2) is 0 Å². The Hall–Kier alpha value is -3.55. The summed E-state index contributed by atoms with van der Waals surface area (Å²) in [5.74, 6) is -1.18. The monoisotopic (exact) mass is 608 g/mol. The van der Waals surface area contributed by atoms with Gasteiger partial charge in [-0.3, -0.25) is 4.90 Å². The number of morpholine rings is 1. The number of fused-ring (bicyclic) bond motifs is 5. The normalized spacial score (nSPS) is 27.4. The molecule has 7 aliphatic heterocycles. The number of ether oxygens (including phenoxy) is 2. The fourth-order valence-corrected chi connectivity index (χ4v) is 7.60. The molecule has 4 unspecified atom stereocenters. The number of pyridine rings is 2. The quantitative estimate of drug-likeness (QED) is 0.418. The average molecular weight is 609 g/mol. The van der Waals surface area contributed by atoms with Crippen LogP contribution in [-0.2, 0) is 11.3 Å². The summed E-state index contributed by atoms with van der Waals surface area (Å²) in [6.45, 7) is 5.00. The minimum atomic E-state index is -2.78. The number of amides is 2. The molecule has 0 aliphatic carbocycles. The van der Waals surface area contributed by atoms with Gasteiger partial charge in [-0.15, -0.1) is 0 Å². The molecule has 3 aromatic rings. The highest BCUT2D eigenvalue weighted by atomic mass is 19.3. The summed E-state index contributed by atoms with van der Waals surface area (Å²) in [5, 5.41) is 7.86. The van der Waals surface area contributed by atoms with Gasteiger partial charge in [-0.1, -0.05) is 0 Å². The smallest absolute Gasteiger partial charge is 0.320 e. The Labute approximate surface area is 254 Å². The number of likely N-dealkylation sites (tertiary alicyclic amines) is 1. The third-order valence-corrected chi connectivity index (χ3v) is 9.78. The van der Waals surface area contributed by atoms with E-state index < -0.39 is 12.5 Å². The van der Waals surface area contributed by atoms with E-state index in [2.05, 4.69) is 32.3 Å². The van der Waals surface area contributed by atoms with E-state index in [9.17, 15) is 13.6 Å². The molecule has 0 radical (unpaired) electrons. The largest absolute Gasteiger partial charge is 0.491 e. The number of nitrogens with zero attached hydrogens (tertiary/aromatic N) is 7. The molecule has 13 heteroatoms. The number of alkyl halides is 2. The summed E-state index contributed by atoms with van der Waals surface area (Å²) in [6.07, 6.45) is 8.30. The Morgan fingerprint density at radius 1 is 1.14 bits per heavy atom. The molecule has 4 bridgehead atoms. The van der Waals surface area contributed by atoms with Crippen molar-refractivity contribution >= 4 is 17.4 Å². The van der Waals surface area contributed by atoms with Crippen molar-refractivity contribution in [2.45, 2.75) is 56.0 Å². The molecule has 1 N–H and O–H groups in total. The van der Waals surface area contributed by atoms with E-state index >= 15 is 0 Å². The number of rotatable bonds is 8. The van der Waals surface area contributed by atoms with E-state index in [0.29, 0.717) is 38.4 Å². The molecule has 10 heterocycles. The second kappa shape index (κ2) is 10.8. The van der Waals surface area contributed by atoms with Gasteiger partial charge in [-0.25, -0.2) is 23.1 Å². The first-order valence-corrected chi connectivity index (χ1v) is 15.7. The van der Waals surface area contributed by atoms with Crippen LogP contribution < -0.4 is 15.0 Å². The molecule has 7 fully saturated rings. The standard InChI is InChI=1S/C31H38F2N8O3/c1-34-11-21-13-36-40-18-24(43-7-6-37-16-25-9-26(17-37)44-25)10-27(29(21)40)20-2-3-28(35-12-20)39-14-22-8-23(15-39)41(22)30(42)38-5-4-31(32,33)19-38/h2-3,10,12-13,18,22-23,25-26,34H,4-9,11,14-17,19H2,1H3. The van der Waals surface area contributed by atoms with Crippen LogP contribution in [0.2, 0.25) is 0 Å². The number of anilines is 1. The number of hydrogen-bond donors (Lipinski definition) is 1. The molecule has 2 amide bonds. The lowest BCUT2D eigenvalue weighted by atomic mass is 9.87. The van der Waals surface area contributed by atoms with Gasteiger partial charge < -0.3 is 29.5 Å². The van der Waals surface area contributed by atoms with Crippen LogP contribution in [0.15, 0.2) is 36.8 Å². The summed E-state index contributed by atoms with van der Waals surface area (Å²) >= 11 is 0. The maximum atomic E-state index is 13.7. The van der Waals surface area contributed by atoms with Crippen molar-refractivity contribution in [3.8, 4) is 16.9 Å². The van der Waals surface area contributed by atoms with Crippen molar-refractivity contribution in [2.75, 3.05) is 64.4 Å². The first kappa shape index (κ1) is 28.0. The van der Waals surface area contributed by atoms with Gasteiger partial charge in [-0.05, 0) is 31.7 Å². The third kappa shape index (κ3) is 5.04. The van der Waals surface area contributed by atoms with Crippen LogP contribution in [0.1, 0.15) is 24.8 Å². The fraction of sp³-hybridized carbons (Fsp3) is 0.581. The maximum Gasteiger partial charge on any atom is 0.320 e. The van der Waals surface area contributed by atoms with Crippen molar-refractivity contribution in [3.63, 3.8) is 0 Å². The molecular weight excluding hydrogens is 570 g/mol. The summed E-state index contributed by atoms with van der Waals surface area (Å²) in [7, 11) is 1.92. The highest BCUT2D eigenvalue weighted by Gasteiger charge is 2.51. The molecule has 44 heavy (non-hydrogen) atoms. The van der Waals surface area contributed by atoms with Gasteiger partial charge >= 0.3 is 6.03 Å². The number of carbonyl (C=O) groups is 1. The lowest BCUT2D eigenvalue weighted by molar-refractivity contribution is -0.181. The van der Waals surface area contributed by atoms with Crippen LogP contribution in [0.4, 0.5) is 19.4 Å². The molecule has 0 saturated carbocycles. The number of piperazine rings is 1. The predicted molar refractivity (Wildman–Crippen MR) is 159 cm³/mol. The predicted octanol–water partition coefficient (Wildman–Crippen LogP) is 2.69. The van der Waals surface area contributed by atoms with E-state index in [1.807, 2.05) is 36.2 Å². The van der Waals surface area contributed by atoms with E-state index in [1.54, 1.807) is 4.90 Å². The van der Waals surface area contributed by atoms with Gasteiger partial charge in [0.1, 0.15) is 18.2 Å². The molecule has 10 rings (SSSR count). The SMILES string of the molecule is CNCc1cnn2cc(OCCN3CC4CC(C3)O4)cc(-c3ccc(N4CC5CC(C4)N5C(=O)N4CCC(F)(F)C4)nc3)c12. The molecule has 0 spiro atoms. The Morgan fingerprint density at radius 2 is 1.93 bits per heavy atom. The van der Waals surface area contributed by atoms with Crippen LogP contribution >= 0.6 is 0 Å². The van der Waals surface area contributed by atoms with Crippen LogP contribution in [0.3, 0.4) is 0 Å². The van der Waals surface area contributed by atoms with Crippen molar-refractivity contribution < 1.29 is 23.0 Å². The third-order valence-electron chi connectivity index (χ3n) is 9.78. The van der Waals surface area contributed by atoms with E-state index in [1.165, 1.54) is 11.3 Å². The summed E-state index contributed by atoms with van der Waals surface area (Å²) in [4.78, 5) is 25.5. The zero-order valence-electron chi connectivity index (χ0n) is 24.9. The lowest BCUT2D eigenvalue weighted by Crippen LogP contribution is -2.72. The molecule has 7 aliphatic rings. The number of carbonyl (C=O) groups excluding carboxylic acids is 1. The topological polar surface area (TPSA) is 90.7 Å². The molecule has 4 atom stereocenters. The Balaban J connectivity index is 0.969. The fourth-order valence-electron chi connectivity index (χ4n) is 7.60. The Kier molecular flexibility index (Phi) is 6.87. The van der Waals surface area contributed by atoms with Gasteiger partial charge in [0, 0.05) is 81.5 Å². The van der Waals surface area contributed by atoms with Crippen LogP contribution in [0, 0.1) is 0 Å². The van der Waals surface area contributed by atoms with Crippen molar-refractivity contribution in [1.29, 1.82) is 0 Å². The van der Waals surface area contributed by atoms with Crippen LogP contribution in [-0.4, -0.2) is 125 Å². The molecular formula is C31H38F2N8O3. The molecule has 7 saturated heterocycles. The lowest BCUT2D eigenvalue weighted by Gasteiger charge is -2.57.